The molecule has 128 valence electrons. The van der Waals surface area contributed by atoms with Crippen LogP contribution in [-0.4, -0.2) is 29.5 Å². The van der Waals surface area contributed by atoms with E-state index >= 15 is 0 Å². The first-order chi connectivity index (χ1) is 11.6. The molecule has 0 spiro atoms. The lowest BCUT2D eigenvalue weighted by molar-refractivity contribution is -0.123. The minimum absolute atomic E-state index is 0.0743. The van der Waals surface area contributed by atoms with E-state index < -0.39 is 6.04 Å². The lowest BCUT2D eigenvalue weighted by Crippen LogP contribution is -2.48. The van der Waals surface area contributed by atoms with E-state index in [2.05, 4.69) is 10.6 Å². The van der Waals surface area contributed by atoms with Crippen LogP contribution in [0.5, 0.6) is 5.75 Å². The van der Waals surface area contributed by atoms with Crippen LogP contribution >= 0.6 is 0 Å². The Morgan fingerprint density at radius 3 is 2.50 bits per heavy atom. The Bertz CT molecular complexity index is 601. The zero-order valence-corrected chi connectivity index (χ0v) is 13.6. The number of nitrogens with zero attached hydrogens (tertiary/aromatic N) is 1. The van der Waals surface area contributed by atoms with Crippen molar-refractivity contribution in [1.29, 1.82) is 5.26 Å². The topological polar surface area (TPSA) is 102 Å². The molecule has 1 aromatic carbocycles. The Balaban J connectivity index is 2.03. The van der Waals surface area contributed by atoms with Crippen LogP contribution in [-0.2, 0) is 4.79 Å². The van der Waals surface area contributed by atoms with Crippen LogP contribution in [0.3, 0.4) is 0 Å². The largest absolute Gasteiger partial charge is 0.508 e. The molecule has 1 aliphatic carbocycles. The molecule has 2 amide bonds. The van der Waals surface area contributed by atoms with Crippen LogP contribution in [0.1, 0.15) is 48.9 Å². The number of benzene rings is 1. The van der Waals surface area contributed by atoms with Gasteiger partial charge in [-0.1, -0.05) is 32.1 Å². The van der Waals surface area contributed by atoms with Crippen LogP contribution in [0, 0.1) is 17.2 Å². The first kappa shape index (κ1) is 17.8. The quantitative estimate of drug-likeness (QED) is 0.695. The Morgan fingerprint density at radius 2 is 1.88 bits per heavy atom. The normalized spacial score (nSPS) is 16.0. The molecule has 6 heteroatoms. The minimum Gasteiger partial charge on any atom is -0.508 e. The maximum Gasteiger partial charge on any atom is 0.251 e. The van der Waals surface area contributed by atoms with Gasteiger partial charge >= 0.3 is 0 Å². The van der Waals surface area contributed by atoms with Gasteiger partial charge in [0.25, 0.3) is 5.91 Å². The lowest BCUT2D eigenvalue weighted by Gasteiger charge is -2.26. The fourth-order valence-corrected chi connectivity index (χ4v) is 3.09. The summed E-state index contributed by atoms with van der Waals surface area (Å²) in [6.07, 6.45) is 6.25. The molecule has 24 heavy (non-hydrogen) atoms. The maximum atomic E-state index is 12.3. The summed E-state index contributed by atoms with van der Waals surface area (Å²) in [5.74, 6) is -0.189. The van der Waals surface area contributed by atoms with Crippen LogP contribution in [0.4, 0.5) is 0 Å². The van der Waals surface area contributed by atoms with Gasteiger partial charge in [0.1, 0.15) is 18.3 Å². The lowest BCUT2D eigenvalue weighted by atomic mass is 9.84. The number of aromatic hydroxyl groups is 1. The average molecular weight is 329 g/mol. The highest BCUT2D eigenvalue weighted by Crippen LogP contribution is 2.27. The molecule has 3 N–H and O–H groups in total. The Morgan fingerprint density at radius 1 is 1.21 bits per heavy atom. The molecule has 0 aliphatic heterocycles. The second kappa shape index (κ2) is 8.92. The van der Waals surface area contributed by atoms with Gasteiger partial charge in [0, 0.05) is 5.56 Å². The SMILES string of the molecule is N#CCNC(=O)[C@H](CC1CCCCC1)NC(=O)c1ccc(O)cc1. The summed E-state index contributed by atoms with van der Waals surface area (Å²) in [6, 6.07) is 7.11. The summed E-state index contributed by atoms with van der Waals surface area (Å²) in [6.45, 7) is -0.0743. The third-order valence-electron chi connectivity index (χ3n) is 4.39. The van der Waals surface area contributed by atoms with Gasteiger partial charge in [0.15, 0.2) is 0 Å². The van der Waals surface area contributed by atoms with Crippen LogP contribution in [0.25, 0.3) is 0 Å². The molecular weight excluding hydrogens is 306 g/mol. The molecule has 1 fully saturated rings. The standard InChI is InChI=1S/C18H23N3O3/c19-10-11-20-18(24)16(12-13-4-2-1-3-5-13)21-17(23)14-6-8-15(22)9-7-14/h6-9,13,16,22H,1-5,11-12H2,(H,20,24)(H,21,23)/t16-/m0/s1. The number of nitrogens with one attached hydrogen (secondary N) is 2. The van der Waals surface area contributed by atoms with Crippen molar-refractivity contribution in [2.75, 3.05) is 6.54 Å². The number of carbonyl (C=O) groups excluding carboxylic acids is 2. The van der Waals surface area contributed by atoms with E-state index in [0.717, 1.165) is 25.7 Å². The van der Waals surface area contributed by atoms with Gasteiger partial charge in [-0.05, 0) is 36.6 Å². The Hall–Kier alpha value is -2.55. The highest BCUT2D eigenvalue weighted by molar-refractivity contribution is 5.97. The van der Waals surface area contributed by atoms with E-state index in [1.54, 1.807) is 0 Å². The molecule has 0 aromatic heterocycles. The number of hydrogen-bond acceptors (Lipinski definition) is 4. The molecule has 1 atom stereocenters. The second-order valence-electron chi connectivity index (χ2n) is 6.19. The summed E-state index contributed by atoms with van der Waals surface area (Å²) < 4.78 is 0. The molecule has 0 radical (unpaired) electrons. The molecule has 1 aliphatic rings. The first-order valence-corrected chi connectivity index (χ1v) is 8.34. The summed E-state index contributed by atoms with van der Waals surface area (Å²) in [7, 11) is 0. The van der Waals surface area contributed by atoms with E-state index in [1.807, 2.05) is 6.07 Å². The van der Waals surface area contributed by atoms with Gasteiger partial charge in [-0.3, -0.25) is 9.59 Å². The minimum atomic E-state index is -0.650. The maximum absolute atomic E-state index is 12.3. The number of amides is 2. The van der Waals surface area contributed by atoms with Gasteiger partial charge in [-0.2, -0.15) is 5.26 Å². The van der Waals surface area contributed by atoms with E-state index in [1.165, 1.54) is 30.7 Å². The molecule has 0 unspecified atom stereocenters. The fourth-order valence-electron chi connectivity index (χ4n) is 3.09. The number of nitriles is 1. The van der Waals surface area contributed by atoms with Gasteiger partial charge < -0.3 is 15.7 Å². The van der Waals surface area contributed by atoms with Gasteiger partial charge in [-0.15, -0.1) is 0 Å². The van der Waals surface area contributed by atoms with Crippen molar-refractivity contribution in [1.82, 2.24) is 10.6 Å². The molecular formula is C18H23N3O3. The Kier molecular flexibility index (Phi) is 6.62. The predicted molar refractivity (Wildman–Crippen MR) is 89.2 cm³/mol. The van der Waals surface area contributed by atoms with E-state index in [4.69, 9.17) is 5.26 Å². The van der Waals surface area contributed by atoms with Gasteiger partial charge in [0.05, 0.1) is 6.07 Å². The van der Waals surface area contributed by atoms with Crippen molar-refractivity contribution in [3.63, 3.8) is 0 Å². The summed E-state index contributed by atoms with van der Waals surface area (Å²) in [4.78, 5) is 24.6. The second-order valence-corrected chi connectivity index (χ2v) is 6.19. The highest BCUT2D eigenvalue weighted by Gasteiger charge is 2.26. The van der Waals surface area contributed by atoms with Crippen LogP contribution in [0.15, 0.2) is 24.3 Å². The third kappa shape index (κ3) is 5.27. The molecule has 1 aromatic rings. The van der Waals surface area contributed by atoms with Crippen molar-refractivity contribution in [3.05, 3.63) is 29.8 Å². The highest BCUT2D eigenvalue weighted by atomic mass is 16.3. The number of phenolic OH excluding ortho intramolecular Hbond substituents is 1. The number of carbonyl (C=O) groups is 2. The van der Waals surface area contributed by atoms with Crippen molar-refractivity contribution in [2.24, 2.45) is 5.92 Å². The van der Waals surface area contributed by atoms with Crippen molar-refractivity contribution < 1.29 is 14.7 Å². The van der Waals surface area contributed by atoms with Crippen molar-refractivity contribution in [2.45, 2.75) is 44.6 Å². The van der Waals surface area contributed by atoms with E-state index in [-0.39, 0.29) is 24.1 Å². The van der Waals surface area contributed by atoms with Crippen LogP contribution < -0.4 is 10.6 Å². The van der Waals surface area contributed by atoms with Gasteiger partial charge in [0.2, 0.25) is 5.91 Å². The van der Waals surface area contributed by atoms with Crippen molar-refractivity contribution >= 4 is 11.8 Å². The smallest absolute Gasteiger partial charge is 0.251 e. The van der Waals surface area contributed by atoms with Crippen LogP contribution in [0.2, 0.25) is 0 Å². The summed E-state index contributed by atoms with van der Waals surface area (Å²) >= 11 is 0. The fraction of sp³-hybridized carbons (Fsp3) is 0.500. The van der Waals surface area contributed by atoms with E-state index in [0.29, 0.717) is 17.9 Å². The van der Waals surface area contributed by atoms with E-state index in [9.17, 15) is 14.7 Å². The first-order valence-electron chi connectivity index (χ1n) is 8.34. The Labute approximate surface area is 141 Å². The molecule has 0 saturated heterocycles. The predicted octanol–water partition coefficient (Wildman–Crippen LogP) is 2.10. The summed E-state index contributed by atoms with van der Waals surface area (Å²) in [5.41, 5.74) is 0.384. The molecule has 6 nitrogen and oxygen atoms in total. The van der Waals surface area contributed by atoms with Crippen molar-refractivity contribution in [3.8, 4) is 11.8 Å². The molecule has 2 rings (SSSR count). The summed E-state index contributed by atoms with van der Waals surface area (Å²) in [5, 5.41) is 23.2. The number of hydrogen-bond donors (Lipinski definition) is 3. The third-order valence-corrected chi connectivity index (χ3v) is 4.39. The zero-order chi connectivity index (χ0) is 17.4. The molecule has 1 saturated carbocycles. The number of phenols is 1. The van der Waals surface area contributed by atoms with Gasteiger partial charge in [-0.25, -0.2) is 0 Å². The molecule has 0 heterocycles. The molecule has 0 bridgehead atoms. The zero-order valence-electron chi connectivity index (χ0n) is 13.6. The average Bonchev–Trinajstić information content (AvgIpc) is 2.60. The number of rotatable bonds is 6. The monoisotopic (exact) mass is 329 g/mol.